The molecule has 1 aliphatic rings. The molecule has 0 aromatic heterocycles. The number of benzene rings is 2. The van der Waals surface area contributed by atoms with Crippen LogP contribution in [-0.2, 0) is 25.7 Å². The molecule has 2 aromatic rings. The molecule has 0 spiro atoms. The van der Waals surface area contributed by atoms with Crippen LogP contribution < -0.4 is 0 Å². The van der Waals surface area contributed by atoms with Gasteiger partial charge >= 0.3 is 0 Å². The summed E-state index contributed by atoms with van der Waals surface area (Å²) < 4.78 is 0. The summed E-state index contributed by atoms with van der Waals surface area (Å²) in [5.74, 6) is 1.42. The van der Waals surface area contributed by atoms with Gasteiger partial charge < -0.3 is 0 Å². The first kappa shape index (κ1) is 26.8. The van der Waals surface area contributed by atoms with Crippen molar-refractivity contribution in [3.8, 4) is 0 Å². The normalized spacial score (nSPS) is 13.0. The van der Waals surface area contributed by atoms with Crippen molar-refractivity contribution in [2.45, 2.75) is 80.1 Å². The van der Waals surface area contributed by atoms with Gasteiger partial charge in [0.2, 0.25) is 0 Å². The van der Waals surface area contributed by atoms with Crippen LogP contribution in [0.15, 0.2) is 48.6 Å². The average molecular weight is 448 g/mol. The van der Waals surface area contributed by atoms with Crippen molar-refractivity contribution in [1.82, 2.24) is 0 Å². The Morgan fingerprint density at radius 3 is 2.10 bits per heavy atom. The molecule has 0 radical (unpaired) electrons. The second kappa shape index (κ2) is 13.9. The minimum atomic E-state index is 0.676. The van der Waals surface area contributed by atoms with Crippen molar-refractivity contribution < 1.29 is 0 Å². The number of fused-ring (bicyclic) bond motifs is 1. The van der Waals surface area contributed by atoms with Crippen LogP contribution >= 0.6 is 23.2 Å². The van der Waals surface area contributed by atoms with E-state index >= 15 is 0 Å². The second-order valence-corrected chi connectivity index (χ2v) is 9.62. The topological polar surface area (TPSA) is 0 Å². The van der Waals surface area contributed by atoms with Gasteiger partial charge in [-0.25, -0.2) is 0 Å². The first-order valence-corrected chi connectivity index (χ1v) is 12.1. The van der Waals surface area contributed by atoms with Crippen LogP contribution in [0, 0.1) is 11.8 Å². The van der Waals surface area contributed by atoms with Crippen molar-refractivity contribution in [2.75, 3.05) is 0 Å². The highest BCUT2D eigenvalue weighted by molar-refractivity contribution is 6.35. The van der Waals surface area contributed by atoms with Crippen molar-refractivity contribution in [3.05, 3.63) is 80.8 Å². The van der Waals surface area contributed by atoms with Crippen LogP contribution in [0.25, 0.3) is 0 Å². The van der Waals surface area contributed by atoms with Crippen molar-refractivity contribution in [2.24, 2.45) is 11.8 Å². The molecule has 2 heteroatoms. The van der Waals surface area contributed by atoms with Crippen molar-refractivity contribution in [1.29, 1.82) is 0 Å². The van der Waals surface area contributed by atoms with Crippen LogP contribution in [0.1, 0.15) is 76.6 Å². The second-order valence-electron chi connectivity index (χ2n) is 8.78. The fraction of sp³-hybridized carbons (Fsp3) is 0.500. The van der Waals surface area contributed by atoms with E-state index in [1.807, 2.05) is 18.2 Å². The number of rotatable bonds is 5. The van der Waals surface area contributed by atoms with Gasteiger partial charge in [0, 0.05) is 10.0 Å². The first-order chi connectivity index (χ1) is 14.2. The maximum absolute atomic E-state index is 6.21. The Hall–Kier alpha value is -1.24. The summed E-state index contributed by atoms with van der Waals surface area (Å²) in [6, 6.07) is 12.7. The summed E-state index contributed by atoms with van der Waals surface area (Å²) in [5.41, 5.74) is 6.95. The highest BCUT2D eigenvalue weighted by atomic mass is 35.5. The number of allylic oxidation sites excluding steroid dienone is 1. The number of hydrogen-bond acceptors (Lipinski definition) is 0. The molecule has 0 amide bonds. The summed E-state index contributed by atoms with van der Waals surface area (Å²) in [7, 11) is 0. The molecule has 0 aliphatic heterocycles. The number of hydrogen-bond donors (Lipinski definition) is 0. The van der Waals surface area contributed by atoms with E-state index < -0.39 is 0 Å². The zero-order valence-electron chi connectivity index (χ0n) is 19.8. The third-order valence-electron chi connectivity index (χ3n) is 5.64. The summed E-state index contributed by atoms with van der Waals surface area (Å²) >= 11 is 12.1. The van der Waals surface area contributed by atoms with Crippen LogP contribution in [0.2, 0.25) is 10.0 Å². The molecule has 1 atom stereocenters. The lowest BCUT2D eigenvalue weighted by Crippen LogP contribution is -2.03. The van der Waals surface area contributed by atoms with E-state index in [1.54, 1.807) is 5.56 Å². The molecule has 0 saturated carbocycles. The van der Waals surface area contributed by atoms with Crippen molar-refractivity contribution in [3.63, 3.8) is 0 Å². The molecule has 0 bridgehead atoms. The molecule has 2 aromatic carbocycles. The Bertz CT molecular complexity index is 789. The molecule has 3 rings (SSSR count). The van der Waals surface area contributed by atoms with Gasteiger partial charge in [-0.05, 0) is 85.3 Å². The lowest BCUT2D eigenvalue weighted by Gasteiger charge is -2.13. The number of aryl methyl sites for hydroxylation is 4. The van der Waals surface area contributed by atoms with Gasteiger partial charge in [0.05, 0.1) is 0 Å². The van der Waals surface area contributed by atoms with E-state index in [2.05, 4.69) is 66.3 Å². The monoisotopic (exact) mass is 446 g/mol. The fourth-order valence-corrected chi connectivity index (χ4v) is 3.86. The first-order valence-electron chi connectivity index (χ1n) is 11.4. The van der Waals surface area contributed by atoms with Crippen LogP contribution in [0.5, 0.6) is 0 Å². The predicted octanol–water partition coefficient (Wildman–Crippen LogP) is 9.54. The van der Waals surface area contributed by atoms with Gasteiger partial charge in [0.25, 0.3) is 0 Å². The minimum Gasteiger partial charge on any atom is -0.0999 e. The Morgan fingerprint density at radius 1 is 0.933 bits per heavy atom. The maximum atomic E-state index is 6.21. The predicted molar refractivity (Wildman–Crippen MR) is 137 cm³/mol. The summed E-state index contributed by atoms with van der Waals surface area (Å²) in [4.78, 5) is 0. The third kappa shape index (κ3) is 9.27. The van der Waals surface area contributed by atoms with Gasteiger partial charge in [-0.2, -0.15) is 0 Å². The zero-order valence-corrected chi connectivity index (χ0v) is 21.3. The largest absolute Gasteiger partial charge is 0.0999 e. The van der Waals surface area contributed by atoms with Crippen LogP contribution in [-0.4, -0.2) is 0 Å². The molecule has 0 N–H and O–H groups in total. The van der Waals surface area contributed by atoms with E-state index in [0.29, 0.717) is 10.9 Å². The van der Waals surface area contributed by atoms with Crippen LogP contribution in [0.4, 0.5) is 0 Å². The van der Waals surface area contributed by atoms with Crippen molar-refractivity contribution >= 4 is 23.2 Å². The molecule has 0 heterocycles. The standard InChI is InChI=1S/C17H16Cl2.C8H16.C3H8/c18-16-9-8-14(17(19)11-16)7-5-12-4-6-13-2-1-3-15(13)10-12;1-6(2)8(5)7(3)4;1-3-2/h4,6,8-11H,1-3,5,7H2;7-8H,1H2,2-5H3;3H2,1-2H3. The SMILES string of the molecule is C=C(C)C(C)C(C)C.CCC.Clc1ccc(CCc2ccc3c(c2)CCC3)c(Cl)c1. The van der Waals surface area contributed by atoms with Gasteiger partial charge in [-0.3, -0.25) is 0 Å². The minimum absolute atomic E-state index is 0.676. The van der Waals surface area contributed by atoms with Gasteiger partial charge in [0.15, 0.2) is 0 Å². The summed E-state index contributed by atoms with van der Waals surface area (Å²) in [6.45, 7) is 16.9. The van der Waals surface area contributed by atoms with E-state index in [1.165, 1.54) is 47.9 Å². The third-order valence-corrected chi connectivity index (χ3v) is 6.23. The van der Waals surface area contributed by atoms with Crippen LogP contribution in [0.3, 0.4) is 0 Å². The molecule has 1 unspecified atom stereocenters. The quantitative estimate of drug-likeness (QED) is 0.400. The molecule has 0 fully saturated rings. The fourth-order valence-electron chi connectivity index (χ4n) is 3.35. The molecule has 0 nitrogen and oxygen atoms in total. The van der Waals surface area contributed by atoms with E-state index in [0.717, 1.165) is 23.8 Å². The average Bonchev–Trinajstić information content (AvgIpc) is 3.15. The molecule has 1 aliphatic carbocycles. The summed E-state index contributed by atoms with van der Waals surface area (Å²) in [6.07, 6.45) is 7.05. The highest BCUT2D eigenvalue weighted by Crippen LogP contribution is 2.25. The number of halogens is 2. The summed E-state index contributed by atoms with van der Waals surface area (Å²) in [5, 5.41) is 1.47. The molecule has 166 valence electrons. The van der Waals surface area contributed by atoms with Gasteiger partial charge in [0.1, 0.15) is 0 Å². The lowest BCUT2D eigenvalue weighted by molar-refractivity contribution is 0.481. The zero-order chi connectivity index (χ0) is 22.7. The smallest absolute Gasteiger partial charge is 0.0452 e. The molecule has 30 heavy (non-hydrogen) atoms. The van der Waals surface area contributed by atoms with Gasteiger partial charge in [-0.1, -0.05) is 101 Å². The van der Waals surface area contributed by atoms with E-state index in [4.69, 9.17) is 23.2 Å². The Balaban J connectivity index is 0.000000345. The van der Waals surface area contributed by atoms with Gasteiger partial charge in [-0.15, -0.1) is 0 Å². The molecule has 0 saturated heterocycles. The Kier molecular flexibility index (Phi) is 12.5. The highest BCUT2D eigenvalue weighted by Gasteiger charge is 2.11. The van der Waals surface area contributed by atoms with E-state index in [-0.39, 0.29) is 0 Å². The van der Waals surface area contributed by atoms with E-state index in [9.17, 15) is 0 Å². The molecular formula is C28H40Cl2. The Labute approximate surface area is 195 Å². The Morgan fingerprint density at radius 2 is 1.57 bits per heavy atom. The maximum Gasteiger partial charge on any atom is 0.0452 e. The lowest BCUT2D eigenvalue weighted by atomic mass is 9.92. The molecular weight excluding hydrogens is 407 g/mol.